The predicted octanol–water partition coefficient (Wildman–Crippen LogP) is 5.77. The van der Waals surface area contributed by atoms with Gasteiger partial charge in [0.25, 0.3) is 0 Å². The summed E-state index contributed by atoms with van der Waals surface area (Å²) in [5, 5.41) is 1.78. The number of rotatable bonds is 3. The van der Waals surface area contributed by atoms with Crippen LogP contribution in [0.2, 0.25) is 5.02 Å². The lowest BCUT2D eigenvalue weighted by molar-refractivity contribution is 0.340. The van der Waals surface area contributed by atoms with E-state index in [1.807, 2.05) is 68.4 Å². The number of fused-ring (bicyclic) bond motifs is 3. The average Bonchev–Trinajstić information content (AvgIpc) is 3.12. The van der Waals surface area contributed by atoms with E-state index in [0.29, 0.717) is 22.9 Å². The van der Waals surface area contributed by atoms with Crippen LogP contribution in [0, 0.1) is 13.8 Å². The molecule has 3 aromatic carbocycles. The van der Waals surface area contributed by atoms with Crippen LogP contribution in [-0.2, 0) is 16.4 Å². The molecule has 1 aliphatic heterocycles. The minimum atomic E-state index is -3.72. The molecule has 1 aromatic heterocycles. The van der Waals surface area contributed by atoms with Crippen molar-refractivity contribution in [3.05, 3.63) is 99.7 Å². The van der Waals surface area contributed by atoms with Gasteiger partial charge in [0.15, 0.2) is 0 Å². The van der Waals surface area contributed by atoms with Crippen LogP contribution < -0.4 is 0 Å². The van der Waals surface area contributed by atoms with Gasteiger partial charge in [-0.05, 0) is 61.2 Å². The first-order chi connectivity index (χ1) is 14.9. The monoisotopic (exact) mass is 450 g/mol. The third kappa shape index (κ3) is 3.37. The third-order valence-corrected chi connectivity index (χ3v) is 8.37. The fourth-order valence-corrected chi connectivity index (χ4v) is 6.59. The topological polar surface area (TPSA) is 53.2 Å². The van der Waals surface area contributed by atoms with Gasteiger partial charge in [-0.25, -0.2) is 8.42 Å². The molecule has 1 N–H and O–H groups in total. The summed E-state index contributed by atoms with van der Waals surface area (Å²) in [6, 6.07) is 20.7. The summed E-state index contributed by atoms with van der Waals surface area (Å²) in [5.41, 5.74) is 5.84. The van der Waals surface area contributed by atoms with E-state index < -0.39 is 16.1 Å². The van der Waals surface area contributed by atoms with E-state index in [9.17, 15) is 8.42 Å². The van der Waals surface area contributed by atoms with Crippen molar-refractivity contribution >= 4 is 32.5 Å². The van der Waals surface area contributed by atoms with Gasteiger partial charge in [0.1, 0.15) is 0 Å². The molecule has 0 unspecified atom stereocenters. The Morgan fingerprint density at radius 2 is 1.74 bits per heavy atom. The van der Waals surface area contributed by atoms with Crippen molar-refractivity contribution in [2.75, 3.05) is 6.54 Å². The van der Waals surface area contributed by atoms with Gasteiger partial charge in [0.05, 0.1) is 10.9 Å². The first-order valence-electron chi connectivity index (χ1n) is 10.3. The Labute approximate surface area is 187 Å². The molecule has 4 aromatic rings. The van der Waals surface area contributed by atoms with Crippen LogP contribution in [0.25, 0.3) is 10.9 Å². The van der Waals surface area contributed by atoms with Crippen molar-refractivity contribution in [3.8, 4) is 0 Å². The highest BCUT2D eigenvalue weighted by atomic mass is 35.5. The molecular formula is C25H23ClN2O2S. The summed E-state index contributed by atoms with van der Waals surface area (Å²) >= 11 is 6.13. The van der Waals surface area contributed by atoms with E-state index in [0.717, 1.165) is 33.3 Å². The summed E-state index contributed by atoms with van der Waals surface area (Å²) in [4.78, 5) is 3.88. The van der Waals surface area contributed by atoms with Gasteiger partial charge in [-0.3, -0.25) is 0 Å². The number of nitrogens with zero attached hydrogens (tertiary/aromatic N) is 1. The molecule has 0 saturated carbocycles. The number of aryl methyl sites for hydroxylation is 2. The molecule has 0 spiro atoms. The maximum absolute atomic E-state index is 13.9. The fourth-order valence-electron chi connectivity index (χ4n) is 4.67. The Morgan fingerprint density at radius 3 is 2.48 bits per heavy atom. The van der Waals surface area contributed by atoms with E-state index in [2.05, 4.69) is 11.1 Å². The quantitative estimate of drug-likeness (QED) is 0.430. The molecule has 0 radical (unpaired) electrons. The van der Waals surface area contributed by atoms with Crippen LogP contribution in [0.4, 0.5) is 0 Å². The van der Waals surface area contributed by atoms with Crippen LogP contribution in [0.3, 0.4) is 0 Å². The Kier molecular flexibility index (Phi) is 4.93. The number of sulfonamides is 1. The van der Waals surface area contributed by atoms with Crippen LogP contribution in [0.5, 0.6) is 0 Å². The molecule has 31 heavy (non-hydrogen) atoms. The standard InChI is InChI=1S/C25H23ClN2O2S/c1-16-7-12-23(17(2)15-16)31(29,30)28-14-13-21-20-5-3-4-6-22(20)27-24(21)25(28)18-8-10-19(26)11-9-18/h3-12,15,25,27H,13-14H2,1-2H3/t25-/m1/s1. The summed E-state index contributed by atoms with van der Waals surface area (Å²) in [7, 11) is -3.72. The number of nitrogens with one attached hydrogen (secondary N) is 1. The van der Waals surface area contributed by atoms with Crippen molar-refractivity contribution < 1.29 is 8.42 Å². The Balaban J connectivity index is 1.72. The first kappa shape index (κ1) is 20.3. The van der Waals surface area contributed by atoms with E-state index in [-0.39, 0.29) is 0 Å². The zero-order valence-electron chi connectivity index (χ0n) is 17.4. The Morgan fingerprint density at radius 1 is 1.00 bits per heavy atom. The lowest BCUT2D eigenvalue weighted by Crippen LogP contribution is -2.40. The minimum Gasteiger partial charge on any atom is -0.357 e. The molecule has 5 rings (SSSR count). The highest BCUT2D eigenvalue weighted by molar-refractivity contribution is 7.89. The molecular weight excluding hydrogens is 428 g/mol. The van der Waals surface area contributed by atoms with Gasteiger partial charge in [-0.1, -0.05) is 59.6 Å². The van der Waals surface area contributed by atoms with E-state index in [1.165, 1.54) is 5.56 Å². The van der Waals surface area contributed by atoms with Gasteiger partial charge in [-0.2, -0.15) is 4.31 Å². The lowest BCUT2D eigenvalue weighted by Gasteiger charge is -2.35. The Hall–Kier alpha value is -2.60. The van der Waals surface area contributed by atoms with Crippen molar-refractivity contribution in [2.24, 2.45) is 0 Å². The smallest absolute Gasteiger partial charge is 0.244 e. The van der Waals surface area contributed by atoms with Gasteiger partial charge < -0.3 is 4.98 Å². The molecule has 0 amide bonds. The second-order valence-electron chi connectivity index (χ2n) is 8.15. The number of hydrogen-bond donors (Lipinski definition) is 1. The minimum absolute atomic E-state index is 0.358. The van der Waals surface area contributed by atoms with Gasteiger partial charge in [0, 0.05) is 28.2 Å². The molecule has 1 aliphatic rings. The normalized spacial score (nSPS) is 17.1. The number of aromatic nitrogens is 1. The van der Waals surface area contributed by atoms with Crippen LogP contribution in [0.15, 0.2) is 71.6 Å². The second kappa shape index (κ2) is 7.52. The number of halogens is 1. The number of H-pyrrole nitrogens is 1. The average molecular weight is 451 g/mol. The fraction of sp³-hybridized carbons (Fsp3) is 0.200. The molecule has 0 aliphatic carbocycles. The van der Waals surface area contributed by atoms with Crippen LogP contribution >= 0.6 is 11.6 Å². The van der Waals surface area contributed by atoms with E-state index >= 15 is 0 Å². The zero-order valence-corrected chi connectivity index (χ0v) is 19.0. The second-order valence-corrected chi connectivity index (χ2v) is 10.4. The molecule has 6 heteroatoms. The summed E-state index contributed by atoms with van der Waals surface area (Å²) in [5.74, 6) is 0. The van der Waals surface area contributed by atoms with Crippen molar-refractivity contribution in [2.45, 2.75) is 31.2 Å². The third-order valence-electron chi connectivity index (χ3n) is 6.09. The Bertz CT molecular complexity index is 1390. The molecule has 2 heterocycles. The molecule has 0 fully saturated rings. The predicted molar refractivity (Wildman–Crippen MR) is 125 cm³/mol. The van der Waals surface area contributed by atoms with Gasteiger partial charge in [-0.15, -0.1) is 0 Å². The van der Waals surface area contributed by atoms with Crippen LogP contribution in [-0.4, -0.2) is 24.3 Å². The maximum Gasteiger partial charge on any atom is 0.244 e. The van der Waals surface area contributed by atoms with E-state index in [1.54, 1.807) is 10.4 Å². The number of benzene rings is 3. The summed E-state index contributed by atoms with van der Waals surface area (Å²) in [6.07, 6.45) is 0.660. The molecule has 0 saturated heterocycles. The SMILES string of the molecule is Cc1ccc(S(=O)(=O)N2CCc3c([nH]c4ccccc34)[C@H]2c2ccc(Cl)cc2)c(C)c1. The maximum atomic E-state index is 13.9. The largest absolute Gasteiger partial charge is 0.357 e. The van der Waals surface area contributed by atoms with Crippen LogP contribution in [0.1, 0.15) is 34.0 Å². The summed E-state index contributed by atoms with van der Waals surface area (Å²) < 4.78 is 29.4. The van der Waals surface area contributed by atoms with Crippen molar-refractivity contribution in [3.63, 3.8) is 0 Å². The molecule has 0 bridgehead atoms. The van der Waals surface area contributed by atoms with E-state index in [4.69, 9.17) is 11.6 Å². The van der Waals surface area contributed by atoms with Gasteiger partial charge >= 0.3 is 0 Å². The molecule has 1 atom stereocenters. The number of hydrogen-bond acceptors (Lipinski definition) is 2. The highest BCUT2D eigenvalue weighted by Crippen LogP contribution is 2.41. The summed E-state index contributed by atoms with van der Waals surface area (Å²) in [6.45, 7) is 4.24. The highest BCUT2D eigenvalue weighted by Gasteiger charge is 2.39. The van der Waals surface area contributed by atoms with Crippen molar-refractivity contribution in [1.82, 2.24) is 9.29 Å². The number of para-hydroxylation sites is 1. The van der Waals surface area contributed by atoms with Gasteiger partial charge in [0.2, 0.25) is 10.0 Å². The van der Waals surface area contributed by atoms with Crippen molar-refractivity contribution in [1.29, 1.82) is 0 Å². The first-order valence-corrected chi connectivity index (χ1v) is 12.1. The molecule has 158 valence electrons. The molecule has 4 nitrogen and oxygen atoms in total. The number of aromatic amines is 1. The lowest BCUT2D eigenvalue weighted by atomic mass is 9.94. The zero-order chi connectivity index (χ0) is 21.8.